The van der Waals surface area contributed by atoms with Gasteiger partial charge in [0.1, 0.15) is 11.6 Å². The fourth-order valence-corrected chi connectivity index (χ4v) is 5.40. The van der Waals surface area contributed by atoms with Crippen LogP contribution >= 0.6 is 0 Å². The molecule has 0 spiro atoms. The van der Waals surface area contributed by atoms with E-state index in [-0.39, 0.29) is 29.2 Å². The molecule has 1 saturated carbocycles. The third kappa shape index (κ3) is 4.03. The standard InChI is InChI=1S/C24H29FN4O2/c25-19-9-4-3-8-17(19)14-28-13-11-18-20(15-28)26-22(27-23(18)30)21-10-5-12-29(21)24(31)16-6-1-2-7-16/h3-4,8-9,16,21H,1-2,5-7,10-15H2,(H,26,27,30)/t21-/m0/s1. The Bertz CT molecular complexity index is 1030. The molecule has 2 aromatic rings. The number of aromatic nitrogens is 2. The van der Waals surface area contributed by atoms with Gasteiger partial charge in [-0.1, -0.05) is 31.0 Å². The Balaban J connectivity index is 1.37. The van der Waals surface area contributed by atoms with Crippen LogP contribution in [0.15, 0.2) is 29.1 Å². The number of carbonyl (C=O) groups excluding carboxylic acids is 1. The summed E-state index contributed by atoms with van der Waals surface area (Å²) >= 11 is 0. The van der Waals surface area contributed by atoms with Crippen molar-refractivity contribution in [2.75, 3.05) is 13.1 Å². The van der Waals surface area contributed by atoms with Crippen molar-refractivity contribution in [3.63, 3.8) is 0 Å². The summed E-state index contributed by atoms with van der Waals surface area (Å²) < 4.78 is 14.1. The Morgan fingerprint density at radius 3 is 2.74 bits per heavy atom. The van der Waals surface area contributed by atoms with Crippen molar-refractivity contribution in [2.45, 2.75) is 64.1 Å². The molecule has 2 aliphatic heterocycles. The Kier molecular flexibility index (Phi) is 5.61. The zero-order valence-electron chi connectivity index (χ0n) is 17.8. The molecule has 1 N–H and O–H groups in total. The number of carbonyl (C=O) groups is 1. The molecule has 1 amide bonds. The van der Waals surface area contributed by atoms with Gasteiger partial charge >= 0.3 is 0 Å². The molecule has 3 heterocycles. The van der Waals surface area contributed by atoms with Crippen LogP contribution in [0.25, 0.3) is 0 Å². The average Bonchev–Trinajstić information content (AvgIpc) is 3.47. The minimum atomic E-state index is -0.208. The summed E-state index contributed by atoms with van der Waals surface area (Å²) in [5, 5.41) is 0. The summed E-state index contributed by atoms with van der Waals surface area (Å²) in [7, 11) is 0. The number of fused-ring (bicyclic) bond motifs is 1. The quantitative estimate of drug-likeness (QED) is 0.818. The molecule has 3 aliphatic rings. The smallest absolute Gasteiger partial charge is 0.254 e. The van der Waals surface area contributed by atoms with Crippen molar-refractivity contribution in [1.82, 2.24) is 19.8 Å². The van der Waals surface area contributed by atoms with Crippen molar-refractivity contribution >= 4 is 5.91 Å². The molecule has 164 valence electrons. The number of aromatic amines is 1. The van der Waals surface area contributed by atoms with Crippen molar-refractivity contribution in [3.8, 4) is 0 Å². The van der Waals surface area contributed by atoms with Gasteiger partial charge in [-0.15, -0.1) is 0 Å². The number of halogens is 1. The van der Waals surface area contributed by atoms with Gasteiger partial charge in [0.2, 0.25) is 5.91 Å². The van der Waals surface area contributed by atoms with Crippen molar-refractivity contribution in [3.05, 3.63) is 63.1 Å². The molecular formula is C24H29FN4O2. The number of hydrogen-bond donors (Lipinski definition) is 1. The highest BCUT2D eigenvalue weighted by Crippen LogP contribution is 2.35. The van der Waals surface area contributed by atoms with Gasteiger partial charge in [-0.25, -0.2) is 9.37 Å². The Hall–Kier alpha value is -2.54. The zero-order chi connectivity index (χ0) is 21.4. The first-order valence-corrected chi connectivity index (χ1v) is 11.5. The van der Waals surface area contributed by atoms with Crippen molar-refractivity contribution < 1.29 is 9.18 Å². The number of benzene rings is 1. The number of amides is 1. The SMILES string of the molecule is O=C(C1CCCC1)N1CCC[C@H]1c1nc2c(c(=O)[nH]1)CCN(Cc1ccccc1F)C2. The average molecular weight is 425 g/mol. The van der Waals surface area contributed by atoms with Crippen LogP contribution < -0.4 is 5.56 Å². The molecule has 6 nitrogen and oxygen atoms in total. The summed E-state index contributed by atoms with van der Waals surface area (Å²) in [4.78, 5) is 37.8. The lowest BCUT2D eigenvalue weighted by Crippen LogP contribution is -2.38. The van der Waals surface area contributed by atoms with Gasteiger partial charge < -0.3 is 9.88 Å². The third-order valence-electron chi connectivity index (χ3n) is 7.08. The van der Waals surface area contributed by atoms with Gasteiger partial charge in [-0.05, 0) is 38.2 Å². The van der Waals surface area contributed by atoms with Crippen LogP contribution in [0.1, 0.15) is 67.2 Å². The normalized spacial score (nSPS) is 22.1. The molecule has 2 fully saturated rings. The van der Waals surface area contributed by atoms with E-state index < -0.39 is 0 Å². The van der Waals surface area contributed by atoms with Crippen LogP contribution in [0.4, 0.5) is 4.39 Å². The van der Waals surface area contributed by atoms with Gasteiger partial charge in [0, 0.05) is 43.2 Å². The topological polar surface area (TPSA) is 69.3 Å². The maximum Gasteiger partial charge on any atom is 0.254 e. The first-order chi connectivity index (χ1) is 15.1. The number of nitrogens with one attached hydrogen (secondary N) is 1. The zero-order valence-corrected chi connectivity index (χ0v) is 17.8. The van der Waals surface area contributed by atoms with E-state index in [9.17, 15) is 14.0 Å². The Morgan fingerprint density at radius 1 is 1.13 bits per heavy atom. The molecule has 31 heavy (non-hydrogen) atoms. The highest BCUT2D eigenvalue weighted by Gasteiger charge is 2.37. The summed E-state index contributed by atoms with van der Waals surface area (Å²) in [6, 6.07) is 6.66. The Labute approximate surface area is 181 Å². The monoisotopic (exact) mass is 424 g/mol. The van der Waals surface area contributed by atoms with Crippen LogP contribution in [0.2, 0.25) is 0 Å². The molecule has 1 aromatic carbocycles. The summed E-state index contributed by atoms with van der Waals surface area (Å²) in [6.07, 6.45) is 6.56. The maximum atomic E-state index is 14.1. The lowest BCUT2D eigenvalue weighted by atomic mass is 10.0. The van der Waals surface area contributed by atoms with Crippen molar-refractivity contribution in [2.24, 2.45) is 5.92 Å². The van der Waals surface area contributed by atoms with Gasteiger partial charge in [0.05, 0.1) is 11.7 Å². The first-order valence-electron chi connectivity index (χ1n) is 11.5. The van der Waals surface area contributed by atoms with E-state index in [0.29, 0.717) is 37.4 Å². The molecular weight excluding hydrogens is 395 g/mol. The van der Waals surface area contributed by atoms with Crippen LogP contribution in [0, 0.1) is 11.7 Å². The maximum absolute atomic E-state index is 14.1. The van der Waals surface area contributed by atoms with E-state index in [4.69, 9.17) is 4.98 Å². The number of likely N-dealkylation sites (tertiary alicyclic amines) is 1. The molecule has 1 saturated heterocycles. The minimum absolute atomic E-state index is 0.0919. The predicted molar refractivity (Wildman–Crippen MR) is 115 cm³/mol. The van der Waals surface area contributed by atoms with E-state index in [1.807, 2.05) is 11.0 Å². The number of rotatable bonds is 4. The molecule has 0 bridgehead atoms. The molecule has 0 radical (unpaired) electrons. The largest absolute Gasteiger partial charge is 0.332 e. The third-order valence-corrected chi connectivity index (χ3v) is 7.08. The van der Waals surface area contributed by atoms with Gasteiger partial charge in [0.25, 0.3) is 5.56 Å². The fraction of sp³-hybridized carbons (Fsp3) is 0.542. The van der Waals surface area contributed by atoms with E-state index in [2.05, 4.69) is 9.88 Å². The summed E-state index contributed by atoms with van der Waals surface area (Å²) in [5.41, 5.74) is 2.05. The first kappa shape index (κ1) is 20.4. The van der Waals surface area contributed by atoms with Crippen molar-refractivity contribution in [1.29, 1.82) is 0 Å². The second-order valence-electron chi connectivity index (χ2n) is 9.10. The van der Waals surface area contributed by atoms with E-state index in [1.54, 1.807) is 12.1 Å². The fourth-order valence-electron chi connectivity index (χ4n) is 5.40. The van der Waals surface area contributed by atoms with Crippen LogP contribution in [-0.4, -0.2) is 38.8 Å². The second kappa shape index (κ2) is 8.54. The van der Waals surface area contributed by atoms with Crippen LogP contribution in [0.3, 0.4) is 0 Å². The number of nitrogens with zero attached hydrogens (tertiary/aromatic N) is 3. The molecule has 1 aliphatic carbocycles. The second-order valence-corrected chi connectivity index (χ2v) is 9.10. The summed E-state index contributed by atoms with van der Waals surface area (Å²) in [6.45, 7) is 2.44. The van der Waals surface area contributed by atoms with E-state index in [0.717, 1.165) is 56.3 Å². The number of hydrogen-bond acceptors (Lipinski definition) is 4. The highest BCUT2D eigenvalue weighted by molar-refractivity contribution is 5.79. The van der Waals surface area contributed by atoms with Gasteiger partial charge in [-0.2, -0.15) is 0 Å². The minimum Gasteiger partial charge on any atom is -0.332 e. The molecule has 0 unspecified atom stereocenters. The predicted octanol–water partition coefficient (Wildman–Crippen LogP) is 3.32. The molecule has 1 aromatic heterocycles. The number of H-pyrrole nitrogens is 1. The highest BCUT2D eigenvalue weighted by atomic mass is 19.1. The lowest BCUT2D eigenvalue weighted by Gasteiger charge is -2.30. The Morgan fingerprint density at radius 2 is 1.94 bits per heavy atom. The lowest BCUT2D eigenvalue weighted by molar-refractivity contribution is -0.136. The summed E-state index contributed by atoms with van der Waals surface area (Å²) in [5.74, 6) is 0.753. The molecule has 7 heteroatoms. The van der Waals surface area contributed by atoms with Crippen LogP contribution in [0.5, 0.6) is 0 Å². The molecule has 5 rings (SSSR count). The van der Waals surface area contributed by atoms with Gasteiger partial charge in [0.15, 0.2) is 0 Å². The van der Waals surface area contributed by atoms with E-state index >= 15 is 0 Å². The van der Waals surface area contributed by atoms with Crippen LogP contribution in [-0.2, 0) is 24.3 Å². The van der Waals surface area contributed by atoms with Gasteiger partial charge in [-0.3, -0.25) is 14.5 Å². The molecule has 1 atom stereocenters. The van der Waals surface area contributed by atoms with E-state index in [1.165, 1.54) is 6.07 Å².